The van der Waals surface area contributed by atoms with E-state index in [0.717, 1.165) is 17.8 Å². The van der Waals surface area contributed by atoms with E-state index < -0.39 is 23.1 Å². The van der Waals surface area contributed by atoms with E-state index in [4.69, 9.17) is 5.26 Å². The first-order valence-electron chi connectivity index (χ1n) is 7.63. The molecule has 1 heterocycles. The van der Waals surface area contributed by atoms with Crippen LogP contribution in [0.4, 0.5) is 17.6 Å². The van der Waals surface area contributed by atoms with Crippen molar-refractivity contribution in [1.29, 1.82) is 5.26 Å². The molecule has 26 heavy (non-hydrogen) atoms. The summed E-state index contributed by atoms with van der Waals surface area (Å²) in [6.45, 7) is 1.43. The smallest absolute Gasteiger partial charge is 0.294 e. The number of alkyl halides is 3. The maximum absolute atomic E-state index is 13.0. The van der Waals surface area contributed by atoms with Crippen molar-refractivity contribution in [2.75, 3.05) is 5.75 Å². The van der Waals surface area contributed by atoms with Crippen molar-refractivity contribution in [3.05, 3.63) is 58.5 Å². The minimum absolute atomic E-state index is 0.00839. The van der Waals surface area contributed by atoms with Gasteiger partial charge in [0.15, 0.2) is 5.78 Å². The SMILES string of the molecule is Cc1cc(C(F)(F)F)c(C#N)c(SCCCC(=O)c2ccc(F)cc2)n1. The Morgan fingerprint density at radius 2 is 1.92 bits per heavy atom. The number of carbonyl (C=O) groups excluding carboxylic acids is 1. The van der Waals surface area contributed by atoms with Crippen LogP contribution in [0.3, 0.4) is 0 Å². The lowest BCUT2D eigenvalue weighted by atomic mass is 10.1. The van der Waals surface area contributed by atoms with Gasteiger partial charge in [-0.3, -0.25) is 4.79 Å². The van der Waals surface area contributed by atoms with Crippen LogP contribution in [0.25, 0.3) is 0 Å². The van der Waals surface area contributed by atoms with Gasteiger partial charge in [-0.15, -0.1) is 11.8 Å². The highest BCUT2D eigenvalue weighted by molar-refractivity contribution is 7.99. The highest BCUT2D eigenvalue weighted by atomic mass is 32.2. The van der Waals surface area contributed by atoms with Crippen LogP contribution in [0.5, 0.6) is 0 Å². The molecule has 0 aliphatic carbocycles. The van der Waals surface area contributed by atoms with Gasteiger partial charge in [-0.05, 0) is 49.4 Å². The zero-order valence-corrected chi connectivity index (χ0v) is 14.5. The summed E-state index contributed by atoms with van der Waals surface area (Å²) >= 11 is 1.01. The Hall–Kier alpha value is -2.40. The number of nitrogens with zero attached hydrogens (tertiary/aromatic N) is 2. The second kappa shape index (κ2) is 8.32. The zero-order chi connectivity index (χ0) is 19.3. The number of halogens is 4. The van der Waals surface area contributed by atoms with E-state index in [9.17, 15) is 22.4 Å². The Labute approximate surface area is 152 Å². The van der Waals surface area contributed by atoms with Gasteiger partial charge in [0.2, 0.25) is 0 Å². The summed E-state index contributed by atoms with van der Waals surface area (Å²) in [7, 11) is 0. The van der Waals surface area contributed by atoms with Crippen LogP contribution < -0.4 is 0 Å². The van der Waals surface area contributed by atoms with Gasteiger partial charge >= 0.3 is 6.18 Å². The minimum atomic E-state index is -4.63. The van der Waals surface area contributed by atoms with Crippen molar-refractivity contribution in [2.45, 2.75) is 31.0 Å². The third-order valence-electron chi connectivity index (χ3n) is 3.48. The summed E-state index contributed by atoms with van der Waals surface area (Å²) in [5.74, 6) is -0.290. The number of ketones is 1. The summed E-state index contributed by atoms with van der Waals surface area (Å²) in [5, 5.41) is 9.09. The zero-order valence-electron chi connectivity index (χ0n) is 13.7. The molecular formula is C18H14F4N2OS. The van der Waals surface area contributed by atoms with Gasteiger partial charge in [0, 0.05) is 17.7 Å². The third-order valence-corrected chi connectivity index (χ3v) is 4.55. The molecule has 136 valence electrons. The summed E-state index contributed by atoms with van der Waals surface area (Å²) in [4.78, 5) is 16.0. The first kappa shape index (κ1) is 19.9. The number of hydrogen-bond acceptors (Lipinski definition) is 4. The molecule has 0 saturated heterocycles. The largest absolute Gasteiger partial charge is 0.417 e. The molecule has 0 atom stereocenters. The fraction of sp³-hybridized carbons (Fsp3) is 0.278. The standard InChI is InChI=1S/C18H14F4N2OS/c1-11-9-15(18(20,21)22)14(10-23)17(24-11)26-8-2-3-16(25)12-4-6-13(19)7-5-12/h4-7,9H,2-3,8H2,1H3. The van der Waals surface area contributed by atoms with Gasteiger partial charge in [-0.25, -0.2) is 9.37 Å². The Kier molecular flexibility index (Phi) is 6.37. The van der Waals surface area contributed by atoms with Crippen LogP contribution in [0.1, 0.15) is 40.0 Å². The van der Waals surface area contributed by atoms with Crippen molar-refractivity contribution in [3.63, 3.8) is 0 Å². The Bertz CT molecular complexity index is 842. The topological polar surface area (TPSA) is 53.8 Å². The number of aromatic nitrogens is 1. The second-order valence-corrected chi connectivity index (χ2v) is 6.57. The molecule has 2 aromatic rings. The summed E-state index contributed by atoms with van der Waals surface area (Å²) in [5.41, 5.74) is -0.960. The van der Waals surface area contributed by atoms with Crippen molar-refractivity contribution in [2.24, 2.45) is 0 Å². The number of Topliss-reactive ketones (excluding diaryl/α,β-unsaturated/α-hetero) is 1. The van der Waals surface area contributed by atoms with Crippen molar-refractivity contribution in [1.82, 2.24) is 4.98 Å². The normalized spacial score (nSPS) is 11.2. The van der Waals surface area contributed by atoms with Gasteiger partial charge in [0.1, 0.15) is 16.9 Å². The summed E-state index contributed by atoms with van der Waals surface area (Å²) < 4.78 is 52.0. The first-order chi connectivity index (χ1) is 12.2. The van der Waals surface area contributed by atoms with Crippen molar-refractivity contribution >= 4 is 17.5 Å². The predicted molar refractivity (Wildman–Crippen MR) is 89.4 cm³/mol. The Morgan fingerprint density at radius 3 is 2.50 bits per heavy atom. The molecule has 1 aromatic carbocycles. The number of pyridine rings is 1. The van der Waals surface area contributed by atoms with Gasteiger partial charge < -0.3 is 0 Å². The van der Waals surface area contributed by atoms with E-state index >= 15 is 0 Å². The van der Waals surface area contributed by atoms with E-state index in [0.29, 0.717) is 17.7 Å². The number of benzene rings is 1. The van der Waals surface area contributed by atoms with Crippen molar-refractivity contribution in [3.8, 4) is 6.07 Å². The summed E-state index contributed by atoms with van der Waals surface area (Å²) in [6, 6.07) is 7.57. The molecule has 0 unspecified atom stereocenters. The molecule has 0 radical (unpaired) electrons. The lowest BCUT2D eigenvalue weighted by Gasteiger charge is -2.12. The molecule has 0 aliphatic heterocycles. The Balaban J connectivity index is 2.01. The number of rotatable bonds is 6. The van der Waals surface area contributed by atoms with E-state index in [2.05, 4.69) is 4.98 Å². The number of hydrogen-bond donors (Lipinski definition) is 0. The highest BCUT2D eigenvalue weighted by Gasteiger charge is 2.35. The van der Waals surface area contributed by atoms with E-state index in [1.54, 1.807) is 6.07 Å². The van der Waals surface area contributed by atoms with Crippen LogP contribution >= 0.6 is 11.8 Å². The quantitative estimate of drug-likeness (QED) is 0.299. The molecule has 1 aromatic heterocycles. The second-order valence-electron chi connectivity index (χ2n) is 5.48. The lowest BCUT2D eigenvalue weighted by Crippen LogP contribution is -2.10. The van der Waals surface area contributed by atoms with E-state index in [-0.39, 0.29) is 22.9 Å². The van der Waals surface area contributed by atoms with Crippen LogP contribution in [0.2, 0.25) is 0 Å². The average Bonchev–Trinajstić information content (AvgIpc) is 2.58. The number of nitriles is 1. The lowest BCUT2D eigenvalue weighted by molar-refractivity contribution is -0.138. The van der Waals surface area contributed by atoms with Gasteiger partial charge in [-0.1, -0.05) is 0 Å². The van der Waals surface area contributed by atoms with Crippen LogP contribution in [-0.4, -0.2) is 16.5 Å². The predicted octanol–water partition coefficient (Wildman–Crippen LogP) is 5.17. The third kappa shape index (κ3) is 5.05. The number of thioether (sulfide) groups is 1. The molecule has 0 N–H and O–H groups in total. The monoisotopic (exact) mass is 382 g/mol. The summed E-state index contributed by atoms with van der Waals surface area (Å²) in [6.07, 6.45) is -4.08. The molecular weight excluding hydrogens is 368 g/mol. The molecule has 0 fully saturated rings. The molecule has 0 amide bonds. The van der Waals surface area contributed by atoms with Crippen LogP contribution in [0, 0.1) is 24.1 Å². The average molecular weight is 382 g/mol. The molecule has 0 aliphatic rings. The maximum Gasteiger partial charge on any atom is 0.417 e. The molecule has 0 saturated carbocycles. The molecule has 8 heteroatoms. The van der Waals surface area contributed by atoms with Gasteiger partial charge in [0.05, 0.1) is 11.1 Å². The fourth-order valence-electron chi connectivity index (χ4n) is 2.26. The first-order valence-corrected chi connectivity index (χ1v) is 8.61. The van der Waals surface area contributed by atoms with Gasteiger partial charge in [-0.2, -0.15) is 18.4 Å². The number of carbonyl (C=O) groups is 1. The van der Waals surface area contributed by atoms with Crippen LogP contribution in [-0.2, 0) is 6.18 Å². The van der Waals surface area contributed by atoms with E-state index in [1.807, 2.05) is 0 Å². The van der Waals surface area contributed by atoms with Crippen LogP contribution in [0.15, 0.2) is 35.4 Å². The molecule has 2 rings (SSSR count). The fourth-order valence-corrected chi connectivity index (χ4v) is 3.25. The molecule has 0 spiro atoms. The minimum Gasteiger partial charge on any atom is -0.294 e. The Morgan fingerprint density at radius 1 is 1.27 bits per heavy atom. The maximum atomic E-state index is 13.0. The van der Waals surface area contributed by atoms with Gasteiger partial charge in [0.25, 0.3) is 0 Å². The molecule has 3 nitrogen and oxygen atoms in total. The van der Waals surface area contributed by atoms with E-state index in [1.165, 1.54) is 31.2 Å². The van der Waals surface area contributed by atoms with Crippen molar-refractivity contribution < 1.29 is 22.4 Å². The molecule has 0 bridgehead atoms. The highest BCUT2D eigenvalue weighted by Crippen LogP contribution is 2.36. The number of aryl methyl sites for hydroxylation is 1.